The molecule has 0 unspecified atom stereocenters. The first kappa shape index (κ1) is 17.2. The van der Waals surface area contributed by atoms with Crippen LogP contribution in [0.25, 0.3) is 28.0 Å². The van der Waals surface area contributed by atoms with Gasteiger partial charge in [-0.05, 0) is 12.0 Å². The summed E-state index contributed by atoms with van der Waals surface area (Å²) in [5, 5.41) is 7.48. The Morgan fingerprint density at radius 2 is 2.00 bits per heavy atom. The fourth-order valence-electron chi connectivity index (χ4n) is 3.24. The number of nitrogens with one attached hydrogen (secondary N) is 1. The number of ether oxygens (including phenoxy) is 1. The Morgan fingerprint density at radius 3 is 2.74 bits per heavy atom. The van der Waals surface area contributed by atoms with Gasteiger partial charge < -0.3 is 4.74 Å². The molecule has 0 aliphatic rings. The van der Waals surface area contributed by atoms with Gasteiger partial charge >= 0.3 is 0 Å². The summed E-state index contributed by atoms with van der Waals surface area (Å²) in [6.07, 6.45) is 4.66. The number of aromatic nitrogens is 5. The van der Waals surface area contributed by atoms with Gasteiger partial charge in [0.15, 0.2) is 5.65 Å². The first-order valence-corrected chi connectivity index (χ1v) is 8.93. The Kier molecular flexibility index (Phi) is 4.60. The molecule has 0 spiro atoms. The third-order valence-electron chi connectivity index (χ3n) is 4.42. The van der Waals surface area contributed by atoms with Crippen molar-refractivity contribution in [2.75, 3.05) is 7.11 Å². The van der Waals surface area contributed by atoms with E-state index in [-0.39, 0.29) is 5.56 Å². The summed E-state index contributed by atoms with van der Waals surface area (Å²) in [5.74, 6) is 0. The molecule has 7 nitrogen and oxygen atoms in total. The Bertz CT molecular complexity index is 1120. The average Bonchev–Trinajstić information content (AvgIpc) is 3.28. The van der Waals surface area contributed by atoms with Gasteiger partial charge in [0.25, 0.3) is 5.56 Å². The highest BCUT2D eigenvalue weighted by Gasteiger charge is 2.17. The minimum atomic E-state index is -0.169. The van der Waals surface area contributed by atoms with Crippen molar-refractivity contribution in [2.24, 2.45) is 0 Å². The lowest BCUT2D eigenvalue weighted by atomic mass is 10.1. The molecule has 4 aromatic rings. The summed E-state index contributed by atoms with van der Waals surface area (Å²) >= 11 is 0. The van der Waals surface area contributed by atoms with Gasteiger partial charge in [0.05, 0.1) is 24.2 Å². The van der Waals surface area contributed by atoms with Crippen LogP contribution in [0, 0.1) is 0 Å². The van der Waals surface area contributed by atoms with Crippen LogP contribution in [-0.2, 0) is 17.9 Å². The molecule has 3 aromatic heterocycles. The van der Waals surface area contributed by atoms with Crippen LogP contribution in [0.2, 0.25) is 0 Å². The molecule has 0 saturated heterocycles. The van der Waals surface area contributed by atoms with Crippen LogP contribution in [0.3, 0.4) is 0 Å². The molecule has 0 amide bonds. The van der Waals surface area contributed by atoms with Gasteiger partial charge in [0, 0.05) is 37.0 Å². The second-order valence-corrected chi connectivity index (χ2v) is 6.40. The highest BCUT2D eigenvalue weighted by atomic mass is 16.5. The number of hydrogen-bond acceptors (Lipinski definition) is 4. The number of fused-ring (bicyclic) bond motifs is 1. The molecule has 7 heteroatoms. The first-order valence-electron chi connectivity index (χ1n) is 8.93. The van der Waals surface area contributed by atoms with E-state index in [1.54, 1.807) is 13.3 Å². The molecule has 0 bridgehead atoms. The van der Waals surface area contributed by atoms with Crippen LogP contribution in [0.1, 0.15) is 19.0 Å². The molecule has 0 fully saturated rings. The topological polar surface area (TPSA) is 77.2 Å². The zero-order valence-corrected chi connectivity index (χ0v) is 15.3. The van der Waals surface area contributed by atoms with E-state index in [1.165, 1.54) is 10.6 Å². The average molecular weight is 363 g/mol. The molecule has 0 saturated carbocycles. The van der Waals surface area contributed by atoms with Gasteiger partial charge in [-0.1, -0.05) is 37.3 Å². The summed E-state index contributed by atoms with van der Waals surface area (Å²) in [7, 11) is 1.63. The Labute approximate surface area is 156 Å². The molecule has 0 radical (unpaired) electrons. The van der Waals surface area contributed by atoms with Crippen molar-refractivity contribution in [3.05, 3.63) is 64.8 Å². The zero-order chi connectivity index (χ0) is 18.8. The highest BCUT2D eigenvalue weighted by molar-refractivity contribution is 5.81. The van der Waals surface area contributed by atoms with E-state index < -0.39 is 0 Å². The molecule has 1 N–H and O–H groups in total. The third kappa shape index (κ3) is 3.17. The van der Waals surface area contributed by atoms with Crippen molar-refractivity contribution in [1.82, 2.24) is 24.4 Å². The number of aryl methyl sites for hydroxylation is 1. The Morgan fingerprint density at radius 1 is 1.19 bits per heavy atom. The predicted molar refractivity (Wildman–Crippen MR) is 103 cm³/mol. The van der Waals surface area contributed by atoms with Gasteiger partial charge in [-0.15, -0.1) is 0 Å². The number of benzene rings is 1. The normalized spacial score (nSPS) is 11.3. The van der Waals surface area contributed by atoms with Crippen LogP contribution in [0.5, 0.6) is 0 Å². The molecule has 4 rings (SSSR count). The van der Waals surface area contributed by atoms with E-state index in [0.717, 1.165) is 35.3 Å². The smallest absolute Gasteiger partial charge is 0.273 e. The summed E-state index contributed by atoms with van der Waals surface area (Å²) in [4.78, 5) is 17.5. The molecule has 1 aromatic carbocycles. The minimum Gasteiger partial charge on any atom is -0.378 e. The monoisotopic (exact) mass is 363 g/mol. The molecule has 0 aliphatic heterocycles. The molecule has 0 atom stereocenters. The number of aromatic amines is 1. The van der Waals surface area contributed by atoms with Gasteiger partial charge in [-0.2, -0.15) is 5.10 Å². The van der Waals surface area contributed by atoms with Gasteiger partial charge in [0.2, 0.25) is 0 Å². The SMILES string of the molecule is CCCn1cc(-c2cc(=O)n3[nH]c(COC)c(-c4ccccc4)c3n2)cn1. The number of H-pyrrole nitrogens is 1. The number of rotatable bonds is 6. The molecule has 0 aliphatic carbocycles. The van der Waals surface area contributed by atoms with Crippen molar-refractivity contribution in [1.29, 1.82) is 0 Å². The number of nitrogens with zero attached hydrogens (tertiary/aromatic N) is 4. The van der Waals surface area contributed by atoms with E-state index in [9.17, 15) is 4.79 Å². The third-order valence-corrected chi connectivity index (χ3v) is 4.42. The van der Waals surface area contributed by atoms with Crippen molar-refractivity contribution in [3.63, 3.8) is 0 Å². The Hall–Kier alpha value is -3.19. The van der Waals surface area contributed by atoms with Crippen LogP contribution in [0.4, 0.5) is 0 Å². The van der Waals surface area contributed by atoms with Crippen molar-refractivity contribution in [2.45, 2.75) is 26.5 Å². The fraction of sp³-hybridized carbons (Fsp3) is 0.250. The minimum absolute atomic E-state index is 0.169. The molecule has 138 valence electrons. The summed E-state index contributed by atoms with van der Waals surface area (Å²) in [6, 6.07) is 11.4. The van der Waals surface area contributed by atoms with Crippen LogP contribution in [-0.4, -0.2) is 31.5 Å². The fourth-order valence-corrected chi connectivity index (χ4v) is 3.24. The van der Waals surface area contributed by atoms with E-state index in [2.05, 4.69) is 17.1 Å². The number of methoxy groups -OCH3 is 1. The van der Waals surface area contributed by atoms with Crippen LogP contribution >= 0.6 is 0 Å². The van der Waals surface area contributed by atoms with E-state index >= 15 is 0 Å². The van der Waals surface area contributed by atoms with E-state index in [1.807, 2.05) is 41.2 Å². The summed E-state index contributed by atoms with van der Waals surface area (Å²) in [5.41, 5.74) is 4.52. The summed E-state index contributed by atoms with van der Waals surface area (Å²) in [6.45, 7) is 3.29. The standard InChI is InChI=1S/C20H21N5O2/c1-3-9-24-12-15(11-21-24)16-10-18(26)25-20(22-16)19(17(23-25)13-27-2)14-7-5-4-6-8-14/h4-8,10-12,23H,3,9,13H2,1-2H3. The lowest BCUT2D eigenvalue weighted by Gasteiger charge is -2.03. The molecular weight excluding hydrogens is 342 g/mol. The second-order valence-electron chi connectivity index (χ2n) is 6.40. The second kappa shape index (κ2) is 7.20. The van der Waals surface area contributed by atoms with E-state index in [4.69, 9.17) is 9.72 Å². The van der Waals surface area contributed by atoms with Crippen molar-refractivity contribution >= 4 is 5.65 Å². The van der Waals surface area contributed by atoms with Crippen molar-refractivity contribution in [3.8, 4) is 22.4 Å². The van der Waals surface area contributed by atoms with Gasteiger partial charge in [-0.3, -0.25) is 14.6 Å². The predicted octanol–water partition coefficient (Wildman–Crippen LogP) is 3.11. The van der Waals surface area contributed by atoms with Crippen LogP contribution in [0.15, 0.2) is 53.6 Å². The quantitative estimate of drug-likeness (QED) is 0.571. The Balaban J connectivity index is 1.93. The van der Waals surface area contributed by atoms with Gasteiger partial charge in [0.1, 0.15) is 0 Å². The maximum absolute atomic E-state index is 12.7. The molecule has 27 heavy (non-hydrogen) atoms. The van der Waals surface area contributed by atoms with Gasteiger partial charge in [-0.25, -0.2) is 9.50 Å². The van der Waals surface area contributed by atoms with E-state index in [0.29, 0.717) is 17.9 Å². The molecule has 3 heterocycles. The van der Waals surface area contributed by atoms with Crippen LogP contribution < -0.4 is 5.56 Å². The number of hydrogen-bond donors (Lipinski definition) is 1. The lowest BCUT2D eigenvalue weighted by molar-refractivity contribution is 0.181. The maximum Gasteiger partial charge on any atom is 0.273 e. The zero-order valence-electron chi connectivity index (χ0n) is 15.3. The largest absolute Gasteiger partial charge is 0.378 e. The first-order chi connectivity index (χ1) is 13.2. The highest BCUT2D eigenvalue weighted by Crippen LogP contribution is 2.28. The maximum atomic E-state index is 12.7. The molecular formula is C20H21N5O2. The summed E-state index contributed by atoms with van der Waals surface area (Å²) < 4.78 is 8.65. The van der Waals surface area contributed by atoms with Crippen molar-refractivity contribution < 1.29 is 4.74 Å². The lowest BCUT2D eigenvalue weighted by Crippen LogP contribution is -2.14.